The minimum absolute atomic E-state index is 0.150. The van der Waals surface area contributed by atoms with E-state index in [0.717, 1.165) is 18.6 Å². The highest BCUT2D eigenvalue weighted by molar-refractivity contribution is 5.76. The van der Waals surface area contributed by atoms with E-state index >= 15 is 0 Å². The number of hydrogen-bond donors (Lipinski definition) is 2. The van der Waals surface area contributed by atoms with E-state index in [0.29, 0.717) is 19.0 Å². The van der Waals surface area contributed by atoms with Gasteiger partial charge in [0.15, 0.2) is 0 Å². The average Bonchev–Trinajstić information content (AvgIpc) is 3.22. The Balaban J connectivity index is 1.70. The first-order valence-electron chi connectivity index (χ1n) is 6.85. The van der Waals surface area contributed by atoms with Crippen LogP contribution in [0.25, 0.3) is 0 Å². The van der Waals surface area contributed by atoms with Gasteiger partial charge in [-0.15, -0.1) is 0 Å². The third-order valence-corrected chi connectivity index (χ3v) is 3.36. The first-order chi connectivity index (χ1) is 9.19. The topological polar surface area (TPSA) is 50.4 Å². The second-order valence-electron chi connectivity index (χ2n) is 5.04. The first-order valence-corrected chi connectivity index (χ1v) is 6.85. The molecule has 1 aliphatic carbocycles. The van der Waals surface area contributed by atoms with Crippen LogP contribution in [0.1, 0.15) is 37.8 Å². The maximum atomic E-state index is 11.5. The van der Waals surface area contributed by atoms with Gasteiger partial charge in [-0.25, -0.2) is 0 Å². The summed E-state index contributed by atoms with van der Waals surface area (Å²) < 4.78 is 5.13. The molecule has 0 saturated heterocycles. The molecule has 4 nitrogen and oxygen atoms in total. The lowest BCUT2D eigenvalue weighted by Gasteiger charge is -2.14. The van der Waals surface area contributed by atoms with Crippen LogP contribution in [0, 0.1) is 0 Å². The molecule has 0 bridgehead atoms. The van der Waals surface area contributed by atoms with Crippen molar-refractivity contribution in [3.8, 4) is 5.75 Å². The molecule has 19 heavy (non-hydrogen) atoms. The van der Waals surface area contributed by atoms with Gasteiger partial charge in [0.2, 0.25) is 5.91 Å². The zero-order chi connectivity index (χ0) is 13.7. The average molecular weight is 262 g/mol. The summed E-state index contributed by atoms with van der Waals surface area (Å²) in [5.74, 6) is 1.01. The molecule has 1 atom stereocenters. The predicted octanol–water partition coefficient (Wildman–Crippen LogP) is 2.01. The van der Waals surface area contributed by atoms with Gasteiger partial charge in [0.25, 0.3) is 0 Å². The summed E-state index contributed by atoms with van der Waals surface area (Å²) in [5.41, 5.74) is 1.20. The third-order valence-electron chi connectivity index (χ3n) is 3.36. The molecule has 0 heterocycles. The van der Waals surface area contributed by atoms with Crippen LogP contribution in [0.3, 0.4) is 0 Å². The molecule has 1 aromatic rings. The van der Waals surface area contributed by atoms with Crippen LogP contribution in [-0.2, 0) is 4.79 Å². The molecule has 1 aliphatic rings. The van der Waals surface area contributed by atoms with Crippen molar-refractivity contribution in [1.29, 1.82) is 0 Å². The smallest absolute Gasteiger partial charge is 0.221 e. The fourth-order valence-corrected chi connectivity index (χ4v) is 1.94. The molecule has 0 spiro atoms. The Hall–Kier alpha value is -1.55. The lowest BCUT2D eigenvalue weighted by atomic mass is 10.1. The zero-order valence-corrected chi connectivity index (χ0v) is 11.6. The van der Waals surface area contributed by atoms with Crippen molar-refractivity contribution >= 4 is 5.91 Å². The van der Waals surface area contributed by atoms with Crippen LogP contribution in [0.5, 0.6) is 5.75 Å². The molecule has 2 rings (SSSR count). The summed E-state index contributed by atoms with van der Waals surface area (Å²) in [6.45, 7) is 2.80. The Morgan fingerprint density at radius 3 is 2.63 bits per heavy atom. The van der Waals surface area contributed by atoms with Gasteiger partial charge < -0.3 is 15.4 Å². The summed E-state index contributed by atoms with van der Waals surface area (Å²) in [6, 6.07) is 8.67. The SMILES string of the molecule is COc1ccc(C(C)NCCC(=O)NC2CC2)cc1. The van der Waals surface area contributed by atoms with E-state index in [4.69, 9.17) is 4.74 Å². The number of methoxy groups -OCH3 is 1. The van der Waals surface area contributed by atoms with E-state index in [2.05, 4.69) is 17.6 Å². The van der Waals surface area contributed by atoms with Crippen molar-refractivity contribution in [2.75, 3.05) is 13.7 Å². The van der Waals surface area contributed by atoms with Crippen molar-refractivity contribution in [2.24, 2.45) is 0 Å². The normalized spacial score (nSPS) is 15.9. The van der Waals surface area contributed by atoms with Gasteiger partial charge >= 0.3 is 0 Å². The molecule has 0 aliphatic heterocycles. The molecule has 1 saturated carbocycles. The molecule has 0 radical (unpaired) electrons. The molecule has 1 amide bonds. The van der Waals surface area contributed by atoms with Crippen molar-refractivity contribution in [3.05, 3.63) is 29.8 Å². The summed E-state index contributed by atoms with van der Waals surface area (Å²) in [5, 5.41) is 6.35. The van der Waals surface area contributed by atoms with Crippen molar-refractivity contribution in [1.82, 2.24) is 10.6 Å². The number of nitrogens with one attached hydrogen (secondary N) is 2. The first kappa shape index (κ1) is 13.9. The third kappa shape index (κ3) is 4.56. The second kappa shape index (κ2) is 6.57. The second-order valence-corrected chi connectivity index (χ2v) is 5.04. The summed E-state index contributed by atoms with van der Waals surface area (Å²) in [7, 11) is 1.66. The lowest BCUT2D eigenvalue weighted by molar-refractivity contribution is -0.121. The van der Waals surface area contributed by atoms with Crippen LogP contribution < -0.4 is 15.4 Å². The summed E-state index contributed by atoms with van der Waals surface area (Å²) in [4.78, 5) is 11.5. The van der Waals surface area contributed by atoms with Crippen LogP contribution >= 0.6 is 0 Å². The van der Waals surface area contributed by atoms with Crippen molar-refractivity contribution in [3.63, 3.8) is 0 Å². The van der Waals surface area contributed by atoms with Gasteiger partial charge in [0.05, 0.1) is 7.11 Å². The van der Waals surface area contributed by atoms with E-state index in [9.17, 15) is 4.79 Å². The maximum Gasteiger partial charge on any atom is 0.221 e. The van der Waals surface area contributed by atoms with E-state index in [-0.39, 0.29) is 11.9 Å². The maximum absolute atomic E-state index is 11.5. The van der Waals surface area contributed by atoms with E-state index in [1.165, 1.54) is 5.56 Å². The molecule has 0 aromatic heterocycles. The van der Waals surface area contributed by atoms with Crippen molar-refractivity contribution < 1.29 is 9.53 Å². The zero-order valence-electron chi connectivity index (χ0n) is 11.6. The van der Waals surface area contributed by atoms with Gasteiger partial charge in [0.1, 0.15) is 5.75 Å². The number of hydrogen-bond acceptors (Lipinski definition) is 3. The monoisotopic (exact) mass is 262 g/mol. The van der Waals surface area contributed by atoms with E-state index in [1.807, 2.05) is 24.3 Å². The molecular weight excluding hydrogens is 240 g/mol. The summed E-state index contributed by atoms with van der Waals surface area (Å²) in [6.07, 6.45) is 2.82. The number of carbonyl (C=O) groups is 1. The minimum atomic E-state index is 0.150. The fourth-order valence-electron chi connectivity index (χ4n) is 1.94. The van der Waals surface area contributed by atoms with E-state index in [1.54, 1.807) is 7.11 Å². The molecule has 104 valence electrons. The van der Waals surface area contributed by atoms with Gasteiger partial charge in [-0.1, -0.05) is 12.1 Å². The molecule has 1 unspecified atom stereocenters. The highest BCUT2D eigenvalue weighted by Crippen LogP contribution is 2.19. The highest BCUT2D eigenvalue weighted by Gasteiger charge is 2.22. The van der Waals surface area contributed by atoms with Gasteiger partial charge in [-0.05, 0) is 37.5 Å². The standard InChI is InChI=1S/C15H22N2O2/c1-11(12-3-7-14(19-2)8-4-12)16-10-9-15(18)17-13-5-6-13/h3-4,7-8,11,13,16H,5-6,9-10H2,1-2H3,(H,17,18). The van der Waals surface area contributed by atoms with Gasteiger partial charge in [-0.2, -0.15) is 0 Å². The highest BCUT2D eigenvalue weighted by atomic mass is 16.5. The fraction of sp³-hybridized carbons (Fsp3) is 0.533. The number of rotatable bonds is 7. The molecular formula is C15H22N2O2. The lowest BCUT2D eigenvalue weighted by Crippen LogP contribution is -2.30. The number of ether oxygens (including phenoxy) is 1. The van der Waals surface area contributed by atoms with Crippen LogP contribution in [0.4, 0.5) is 0 Å². The van der Waals surface area contributed by atoms with Crippen LogP contribution in [-0.4, -0.2) is 25.6 Å². The Morgan fingerprint density at radius 1 is 1.37 bits per heavy atom. The largest absolute Gasteiger partial charge is 0.497 e. The van der Waals surface area contributed by atoms with Crippen molar-refractivity contribution in [2.45, 2.75) is 38.3 Å². The predicted molar refractivity (Wildman–Crippen MR) is 75.2 cm³/mol. The Morgan fingerprint density at radius 2 is 2.05 bits per heavy atom. The van der Waals surface area contributed by atoms with Crippen LogP contribution in [0.15, 0.2) is 24.3 Å². The van der Waals surface area contributed by atoms with E-state index < -0.39 is 0 Å². The molecule has 4 heteroatoms. The summed E-state index contributed by atoms with van der Waals surface area (Å²) >= 11 is 0. The molecule has 1 fully saturated rings. The Labute approximate surface area is 114 Å². The quantitative estimate of drug-likeness (QED) is 0.790. The van der Waals surface area contributed by atoms with Gasteiger partial charge in [0, 0.05) is 25.0 Å². The molecule has 1 aromatic carbocycles. The van der Waals surface area contributed by atoms with Gasteiger partial charge in [-0.3, -0.25) is 4.79 Å². The number of carbonyl (C=O) groups excluding carboxylic acids is 1. The Bertz CT molecular complexity index is 413. The number of benzene rings is 1. The number of amides is 1. The molecule has 2 N–H and O–H groups in total. The minimum Gasteiger partial charge on any atom is -0.497 e. The van der Waals surface area contributed by atoms with Crippen LogP contribution in [0.2, 0.25) is 0 Å². The Kier molecular flexibility index (Phi) is 4.80.